The number of ether oxygens (including phenoxy) is 2. The number of benzene rings is 1. The molecule has 0 amide bonds. The Bertz CT molecular complexity index is 385. The largest absolute Gasteiger partial charge is 0.465 e. The molecule has 4 nitrogen and oxygen atoms in total. The minimum Gasteiger partial charge on any atom is -0.465 e. The van der Waals surface area contributed by atoms with Gasteiger partial charge in [-0.25, -0.2) is 4.79 Å². The van der Waals surface area contributed by atoms with Crippen molar-refractivity contribution in [3.05, 3.63) is 35.4 Å². The van der Waals surface area contributed by atoms with Gasteiger partial charge in [-0.1, -0.05) is 26.0 Å². The maximum atomic E-state index is 11.4. The summed E-state index contributed by atoms with van der Waals surface area (Å²) in [5.74, 6) is -0.317. The molecule has 0 bridgehead atoms. The molecule has 0 radical (unpaired) electrons. The van der Waals surface area contributed by atoms with E-state index >= 15 is 0 Å². The van der Waals surface area contributed by atoms with Crippen molar-refractivity contribution in [2.24, 2.45) is 0 Å². The zero-order valence-electron chi connectivity index (χ0n) is 12.2. The van der Waals surface area contributed by atoms with Crippen molar-refractivity contribution < 1.29 is 14.3 Å². The number of hydrogen-bond donors (Lipinski definition) is 0. The van der Waals surface area contributed by atoms with E-state index in [1.54, 1.807) is 12.1 Å². The van der Waals surface area contributed by atoms with Gasteiger partial charge in [-0.2, -0.15) is 0 Å². The van der Waals surface area contributed by atoms with Gasteiger partial charge in [0.25, 0.3) is 0 Å². The molecular weight excluding hydrogens is 242 g/mol. The quantitative estimate of drug-likeness (QED) is 0.561. The Labute approximate surface area is 115 Å². The first-order valence-corrected chi connectivity index (χ1v) is 6.71. The summed E-state index contributed by atoms with van der Waals surface area (Å²) in [6.45, 7) is 8.69. The second kappa shape index (κ2) is 7.92. The highest BCUT2D eigenvalue weighted by Gasteiger charge is 2.18. The number of carbonyl (C=O) groups excluding carboxylic acids is 1. The minimum absolute atomic E-state index is 0.0632. The molecule has 0 aliphatic heterocycles. The lowest BCUT2D eigenvalue weighted by Gasteiger charge is -2.29. The first kappa shape index (κ1) is 15.7. The minimum atomic E-state index is -0.317. The van der Waals surface area contributed by atoms with Crippen molar-refractivity contribution in [2.45, 2.75) is 27.0 Å². The molecular formula is C15H23NO3. The van der Waals surface area contributed by atoms with Gasteiger partial charge in [0.2, 0.25) is 0 Å². The molecule has 1 atom stereocenters. The maximum Gasteiger partial charge on any atom is 0.337 e. The Morgan fingerprint density at radius 2 is 1.74 bits per heavy atom. The highest BCUT2D eigenvalue weighted by atomic mass is 16.5. The van der Waals surface area contributed by atoms with Gasteiger partial charge in [0.1, 0.15) is 6.23 Å². The molecule has 0 N–H and O–H groups in total. The van der Waals surface area contributed by atoms with Crippen LogP contribution in [0.25, 0.3) is 0 Å². The summed E-state index contributed by atoms with van der Waals surface area (Å²) < 4.78 is 10.5. The van der Waals surface area contributed by atoms with E-state index in [4.69, 9.17) is 9.47 Å². The fourth-order valence-corrected chi connectivity index (χ4v) is 2.03. The van der Waals surface area contributed by atoms with Gasteiger partial charge < -0.3 is 9.47 Å². The molecule has 0 aliphatic carbocycles. The van der Waals surface area contributed by atoms with Crippen molar-refractivity contribution in [1.82, 2.24) is 4.90 Å². The van der Waals surface area contributed by atoms with Crippen LogP contribution in [0.4, 0.5) is 0 Å². The molecule has 0 heterocycles. The van der Waals surface area contributed by atoms with Crippen LogP contribution in [0, 0.1) is 0 Å². The highest BCUT2D eigenvalue weighted by molar-refractivity contribution is 5.89. The number of rotatable bonds is 7. The fourth-order valence-electron chi connectivity index (χ4n) is 2.03. The average molecular weight is 265 g/mol. The number of nitrogens with zero attached hydrogens (tertiary/aromatic N) is 1. The molecule has 0 aliphatic rings. The topological polar surface area (TPSA) is 38.8 Å². The van der Waals surface area contributed by atoms with Crippen molar-refractivity contribution in [3.63, 3.8) is 0 Å². The van der Waals surface area contributed by atoms with Crippen LogP contribution >= 0.6 is 0 Å². The van der Waals surface area contributed by atoms with Crippen LogP contribution < -0.4 is 0 Å². The van der Waals surface area contributed by atoms with E-state index in [1.807, 2.05) is 19.1 Å². The van der Waals surface area contributed by atoms with Crippen LogP contribution in [0.1, 0.15) is 42.9 Å². The van der Waals surface area contributed by atoms with E-state index in [2.05, 4.69) is 18.7 Å². The molecule has 1 aromatic carbocycles. The summed E-state index contributed by atoms with van der Waals surface area (Å²) in [5.41, 5.74) is 1.61. The van der Waals surface area contributed by atoms with Crippen LogP contribution in [-0.2, 0) is 9.47 Å². The van der Waals surface area contributed by atoms with Gasteiger partial charge in [0, 0.05) is 6.61 Å². The molecule has 106 valence electrons. The Kier molecular flexibility index (Phi) is 6.53. The summed E-state index contributed by atoms with van der Waals surface area (Å²) in [6.07, 6.45) is -0.0632. The van der Waals surface area contributed by atoms with Crippen molar-refractivity contribution in [3.8, 4) is 0 Å². The standard InChI is InChI=1S/C15H23NO3/c1-5-16(6-2)14(19-7-3)12-8-10-13(11-9-12)15(17)18-4/h8-11,14H,5-7H2,1-4H3. The SMILES string of the molecule is CCOC(c1ccc(C(=O)OC)cc1)N(CC)CC. The molecule has 19 heavy (non-hydrogen) atoms. The molecule has 0 saturated heterocycles. The van der Waals surface area contributed by atoms with E-state index in [9.17, 15) is 4.79 Å². The predicted molar refractivity (Wildman–Crippen MR) is 75.1 cm³/mol. The van der Waals surface area contributed by atoms with Gasteiger partial charge in [-0.3, -0.25) is 4.90 Å². The van der Waals surface area contributed by atoms with E-state index in [0.717, 1.165) is 18.7 Å². The fraction of sp³-hybridized carbons (Fsp3) is 0.533. The van der Waals surface area contributed by atoms with E-state index in [0.29, 0.717) is 12.2 Å². The molecule has 0 aromatic heterocycles. The third-order valence-corrected chi connectivity index (χ3v) is 3.09. The van der Waals surface area contributed by atoms with Gasteiger partial charge in [-0.05, 0) is 37.7 Å². The zero-order valence-corrected chi connectivity index (χ0v) is 12.2. The van der Waals surface area contributed by atoms with E-state index < -0.39 is 0 Å². The average Bonchev–Trinajstić information content (AvgIpc) is 2.47. The number of carbonyl (C=O) groups is 1. The second-order valence-electron chi connectivity index (χ2n) is 4.14. The highest BCUT2D eigenvalue weighted by Crippen LogP contribution is 2.22. The van der Waals surface area contributed by atoms with Gasteiger partial charge >= 0.3 is 5.97 Å². The lowest BCUT2D eigenvalue weighted by atomic mass is 10.1. The monoisotopic (exact) mass is 265 g/mol. The van der Waals surface area contributed by atoms with E-state index in [1.165, 1.54) is 7.11 Å². The Hall–Kier alpha value is -1.39. The molecule has 0 saturated carbocycles. The molecule has 0 fully saturated rings. The first-order chi connectivity index (χ1) is 9.17. The summed E-state index contributed by atoms with van der Waals surface area (Å²) in [4.78, 5) is 13.6. The van der Waals surface area contributed by atoms with Gasteiger partial charge in [0.05, 0.1) is 12.7 Å². The zero-order chi connectivity index (χ0) is 14.3. The van der Waals surface area contributed by atoms with Crippen LogP contribution in [0.2, 0.25) is 0 Å². The third kappa shape index (κ3) is 4.04. The molecule has 1 rings (SSSR count). The summed E-state index contributed by atoms with van der Waals surface area (Å²) in [7, 11) is 1.38. The number of hydrogen-bond acceptors (Lipinski definition) is 4. The van der Waals surface area contributed by atoms with Gasteiger partial charge in [-0.15, -0.1) is 0 Å². The molecule has 0 spiro atoms. The molecule has 1 aromatic rings. The normalized spacial score (nSPS) is 12.5. The van der Waals surface area contributed by atoms with Gasteiger partial charge in [0.15, 0.2) is 0 Å². The first-order valence-electron chi connectivity index (χ1n) is 6.71. The number of methoxy groups -OCH3 is 1. The Balaban J connectivity index is 2.93. The third-order valence-electron chi connectivity index (χ3n) is 3.09. The summed E-state index contributed by atoms with van der Waals surface area (Å²) >= 11 is 0. The lowest BCUT2D eigenvalue weighted by Crippen LogP contribution is -2.30. The molecule has 1 unspecified atom stereocenters. The second-order valence-corrected chi connectivity index (χ2v) is 4.14. The lowest BCUT2D eigenvalue weighted by molar-refractivity contribution is -0.0530. The smallest absolute Gasteiger partial charge is 0.337 e. The van der Waals surface area contributed by atoms with E-state index in [-0.39, 0.29) is 12.2 Å². The van der Waals surface area contributed by atoms with Crippen molar-refractivity contribution >= 4 is 5.97 Å². The van der Waals surface area contributed by atoms with Crippen LogP contribution in [0.3, 0.4) is 0 Å². The summed E-state index contributed by atoms with van der Waals surface area (Å²) in [6, 6.07) is 7.39. The van der Waals surface area contributed by atoms with Crippen LogP contribution in [0.5, 0.6) is 0 Å². The predicted octanol–water partition coefficient (Wildman–Crippen LogP) is 2.85. The van der Waals surface area contributed by atoms with Crippen LogP contribution in [-0.4, -0.2) is 37.7 Å². The number of esters is 1. The molecule has 4 heteroatoms. The van der Waals surface area contributed by atoms with Crippen molar-refractivity contribution in [1.29, 1.82) is 0 Å². The van der Waals surface area contributed by atoms with Crippen molar-refractivity contribution in [2.75, 3.05) is 26.8 Å². The Morgan fingerprint density at radius 3 is 2.16 bits per heavy atom. The van der Waals surface area contributed by atoms with Crippen LogP contribution in [0.15, 0.2) is 24.3 Å². The maximum absolute atomic E-state index is 11.4. The Morgan fingerprint density at radius 1 is 1.16 bits per heavy atom. The summed E-state index contributed by atoms with van der Waals surface area (Å²) in [5, 5.41) is 0.